The number of rotatable bonds is 6. The van der Waals surface area contributed by atoms with Crippen molar-refractivity contribution in [3.8, 4) is 5.75 Å². The molecule has 2 heterocycles. The van der Waals surface area contributed by atoms with Crippen LogP contribution < -0.4 is 10.1 Å². The molecule has 35 heavy (non-hydrogen) atoms. The van der Waals surface area contributed by atoms with Gasteiger partial charge in [-0.2, -0.15) is 0 Å². The van der Waals surface area contributed by atoms with Crippen molar-refractivity contribution in [1.82, 2.24) is 10.2 Å². The molecule has 4 aliphatic rings. The van der Waals surface area contributed by atoms with Crippen molar-refractivity contribution in [2.75, 3.05) is 13.6 Å². The Morgan fingerprint density at radius 3 is 2.80 bits per heavy atom. The van der Waals surface area contributed by atoms with E-state index in [1.165, 1.54) is 6.92 Å². The van der Waals surface area contributed by atoms with Crippen LogP contribution in [0.2, 0.25) is 0 Å². The third kappa shape index (κ3) is 3.30. The number of likely N-dealkylation sites (tertiary alicyclic amines) is 1. The second-order valence-electron chi connectivity index (χ2n) is 10.2. The molecule has 10 heteroatoms. The van der Waals surface area contributed by atoms with Gasteiger partial charge in [-0.3, -0.25) is 9.59 Å². The number of carbonyl (C=O) groups excluding carboxylic acids is 2. The highest BCUT2D eigenvalue weighted by Crippen LogP contribution is 2.64. The number of aliphatic carboxylic acids is 1. The van der Waals surface area contributed by atoms with Gasteiger partial charge in [0.1, 0.15) is 23.7 Å². The van der Waals surface area contributed by atoms with E-state index < -0.39 is 53.5 Å². The molecule has 10 nitrogen and oxygen atoms in total. The summed E-state index contributed by atoms with van der Waals surface area (Å²) in [5.41, 5.74) is 1.25. The first-order valence-corrected chi connectivity index (χ1v) is 11.8. The Kier molecular flexibility index (Phi) is 5.46. The minimum absolute atomic E-state index is 0.106. The number of hydrogen-bond donors (Lipinski definition) is 4. The van der Waals surface area contributed by atoms with Gasteiger partial charge in [0.2, 0.25) is 5.91 Å². The molecular formula is C25H30N2O8. The molecule has 1 aromatic carbocycles. The third-order valence-electron chi connectivity index (χ3n) is 8.17. The summed E-state index contributed by atoms with van der Waals surface area (Å²) in [6.07, 6.45) is 0.0778. The molecule has 2 aliphatic heterocycles. The Morgan fingerprint density at radius 2 is 2.09 bits per heavy atom. The Balaban J connectivity index is 1.43. The topological polar surface area (TPSA) is 146 Å². The average molecular weight is 487 g/mol. The summed E-state index contributed by atoms with van der Waals surface area (Å²) in [7, 11) is 2.02. The normalized spacial score (nSPS) is 32.0. The zero-order valence-electron chi connectivity index (χ0n) is 19.9. The van der Waals surface area contributed by atoms with E-state index >= 15 is 0 Å². The molecular weight excluding hydrogens is 456 g/mol. The first-order chi connectivity index (χ1) is 16.5. The van der Waals surface area contributed by atoms with E-state index in [2.05, 4.69) is 16.3 Å². The predicted molar refractivity (Wildman–Crippen MR) is 122 cm³/mol. The van der Waals surface area contributed by atoms with Gasteiger partial charge in [0.25, 0.3) is 0 Å². The number of likely N-dealkylation sites (N-methyl/N-ethyl adjacent to an activating group) is 1. The van der Waals surface area contributed by atoms with Gasteiger partial charge in [0, 0.05) is 18.0 Å². The fourth-order valence-electron chi connectivity index (χ4n) is 6.42. The number of carboxylic acids is 1. The number of esters is 1. The van der Waals surface area contributed by atoms with Crippen LogP contribution in [-0.4, -0.2) is 81.6 Å². The maximum absolute atomic E-state index is 12.9. The maximum Gasteiger partial charge on any atom is 0.333 e. The molecule has 2 bridgehead atoms. The number of amides is 1. The average Bonchev–Trinajstić information content (AvgIpc) is 3.15. The van der Waals surface area contributed by atoms with Crippen molar-refractivity contribution in [1.29, 1.82) is 0 Å². The quantitative estimate of drug-likeness (QED) is 0.413. The van der Waals surface area contributed by atoms with Crippen molar-refractivity contribution < 1.29 is 39.2 Å². The lowest BCUT2D eigenvalue weighted by Crippen LogP contribution is -2.74. The van der Waals surface area contributed by atoms with Crippen molar-refractivity contribution in [3.05, 3.63) is 40.7 Å². The van der Waals surface area contributed by atoms with Gasteiger partial charge >= 0.3 is 11.9 Å². The van der Waals surface area contributed by atoms with Crippen LogP contribution in [0.5, 0.6) is 5.75 Å². The van der Waals surface area contributed by atoms with Crippen LogP contribution in [0.25, 0.3) is 0 Å². The molecule has 1 fully saturated rings. The Morgan fingerprint density at radius 1 is 1.34 bits per heavy atom. The van der Waals surface area contributed by atoms with Gasteiger partial charge in [-0.15, -0.1) is 0 Å². The summed E-state index contributed by atoms with van der Waals surface area (Å²) in [5.74, 6) is -2.06. The zero-order valence-corrected chi connectivity index (χ0v) is 19.9. The lowest BCUT2D eigenvalue weighted by Gasteiger charge is -2.61. The summed E-state index contributed by atoms with van der Waals surface area (Å²) < 4.78 is 12.2. The first kappa shape index (κ1) is 23.8. The van der Waals surface area contributed by atoms with Crippen molar-refractivity contribution in [3.63, 3.8) is 0 Å². The predicted octanol–water partition coefficient (Wildman–Crippen LogP) is 0.156. The number of ether oxygens (including phenoxy) is 2. The fraction of sp³-hybridized carbons (Fsp3) is 0.560. The number of carboxylic acid groups (broad SMARTS) is 1. The summed E-state index contributed by atoms with van der Waals surface area (Å²) in [5, 5.41) is 32.9. The molecule has 0 aromatic heterocycles. The number of carbonyl (C=O) groups is 3. The summed E-state index contributed by atoms with van der Waals surface area (Å²) in [6.45, 7) is 4.11. The van der Waals surface area contributed by atoms with Crippen LogP contribution >= 0.6 is 0 Å². The molecule has 1 saturated heterocycles. The monoisotopic (exact) mass is 486 g/mol. The summed E-state index contributed by atoms with van der Waals surface area (Å²) in [6, 6.07) is 2.86. The summed E-state index contributed by atoms with van der Waals surface area (Å²) >= 11 is 0. The minimum atomic E-state index is -1.78. The van der Waals surface area contributed by atoms with Gasteiger partial charge in [-0.05, 0) is 57.5 Å². The molecule has 2 aliphatic carbocycles. The highest BCUT2D eigenvalue weighted by molar-refractivity contribution is 5.89. The number of hydrogen-bond acceptors (Lipinski definition) is 8. The number of benzene rings is 1. The van der Waals surface area contributed by atoms with Gasteiger partial charge in [0.15, 0.2) is 6.10 Å². The van der Waals surface area contributed by atoms with E-state index in [1.807, 2.05) is 20.0 Å². The van der Waals surface area contributed by atoms with Crippen LogP contribution in [0.15, 0.2) is 24.0 Å². The third-order valence-corrected chi connectivity index (χ3v) is 8.17. The smallest absolute Gasteiger partial charge is 0.333 e. The van der Waals surface area contributed by atoms with E-state index in [-0.39, 0.29) is 12.5 Å². The van der Waals surface area contributed by atoms with E-state index in [1.54, 1.807) is 6.08 Å². The molecule has 1 amide bonds. The standard InChI is InChI=1S/C25H30N2O8/c1-12-4-5-14-10-17-25(33)7-6-16(21-24(25,8-9-27(17)3)19(14)20(12)35-21)34-23(32)13(2)26-22(31)15(28)11-18(29)30/h4-6,13,15,17,21,28,33H,7-11H2,1-3H3,(H,26,31)(H,29,30)/t13-,15-,17+,21-,24-,25+/m0/s1. The second-order valence-corrected chi connectivity index (χ2v) is 10.2. The van der Waals surface area contributed by atoms with Gasteiger partial charge in [0.05, 0.1) is 17.4 Å². The second kappa shape index (κ2) is 8.04. The Hall–Kier alpha value is -2.95. The Bertz CT molecular complexity index is 1150. The van der Waals surface area contributed by atoms with E-state index in [4.69, 9.17) is 14.6 Å². The highest BCUT2D eigenvalue weighted by Gasteiger charge is 2.71. The van der Waals surface area contributed by atoms with Crippen molar-refractivity contribution in [2.45, 2.75) is 74.8 Å². The highest BCUT2D eigenvalue weighted by atomic mass is 16.6. The number of aliphatic hydroxyl groups excluding tert-OH is 1. The van der Waals surface area contributed by atoms with Gasteiger partial charge < -0.3 is 35.0 Å². The molecule has 5 rings (SSSR count). The number of aliphatic hydroxyl groups is 2. The van der Waals surface area contributed by atoms with E-state index in [0.29, 0.717) is 18.6 Å². The van der Waals surface area contributed by atoms with Crippen molar-refractivity contribution in [2.24, 2.45) is 0 Å². The summed E-state index contributed by atoms with van der Waals surface area (Å²) in [4.78, 5) is 37.9. The molecule has 4 N–H and O–H groups in total. The van der Waals surface area contributed by atoms with Crippen LogP contribution in [0.3, 0.4) is 0 Å². The SMILES string of the molecule is Cc1ccc2c3c1O[C@H]1C(OC(=O)[C@H](C)NC(=O)[C@@H](O)CC(=O)O)=CC[C@@]4(O)[C@@H](C2)N(C)CC[C@]314. The number of nitrogens with zero attached hydrogens (tertiary/aromatic N) is 1. The molecule has 6 atom stereocenters. The number of nitrogens with one attached hydrogen (secondary N) is 1. The first-order valence-electron chi connectivity index (χ1n) is 11.8. The van der Waals surface area contributed by atoms with Crippen LogP contribution in [0.4, 0.5) is 0 Å². The molecule has 0 unspecified atom stereocenters. The molecule has 0 radical (unpaired) electrons. The van der Waals surface area contributed by atoms with Crippen molar-refractivity contribution >= 4 is 17.8 Å². The minimum Gasteiger partial charge on any atom is -0.481 e. The van der Waals surface area contributed by atoms with Crippen LogP contribution in [0, 0.1) is 6.92 Å². The fourth-order valence-corrected chi connectivity index (χ4v) is 6.42. The van der Waals surface area contributed by atoms with Crippen LogP contribution in [0.1, 0.15) is 42.9 Å². The number of aryl methyl sites for hydroxylation is 1. The maximum atomic E-state index is 12.9. The van der Waals surface area contributed by atoms with E-state index in [0.717, 1.165) is 29.0 Å². The van der Waals surface area contributed by atoms with Gasteiger partial charge in [-0.1, -0.05) is 12.1 Å². The lowest BCUT2D eigenvalue weighted by atomic mass is 9.50. The van der Waals surface area contributed by atoms with E-state index in [9.17, 15) is 24.6 Å². The molecule has 188 valence electrons. The molecule has 0 saturated carbocycles. The zero-order chi connectivity index (χ0) is 25.3. The molecule has 1 aromatic rings. The Labute approximate surface area is 202 Å². The van der Waals surface area contributed by atoms with Gasteiger partial charge in [-0.25, -0.2) is 4.79 Å². The van der Waals surface area contributed by atoms with Crippen LogP contribution in [-0.2, 0) is 31.0 Å². The largest absolute Gasteiger partial charge is 0.481 e. The number of piperidine rings is 1. The molecule has 1 spiro atoms. The lowest BCUT2D eigenvalue weighted by molar-refractivity contribution is -0.170.